The molecule has 0 radical (unpaired) electrons. The van der Waals surface area contributed by atoms with Gasteiger partial charge in [0.2, 0.25) is 0 Å². The van der Waals surface area contributed by atoms with Gasteiger partial charge in [-0.1, -0.05) is 18.2 Å². The van der Waals surface area contributed by atoms with Crippen molar-refractivity contribution in [3.05, 3.63) is 47.5 Å². The maximum atomic E-state index is 13.7. The molecule has 2 aromatic heterocycles. The molecule has 3 aromatic rings. The van der Waals surface area contributed by atoms with Gasteiger partial charge in [0.15, 0.2) is 15.5 Å². The lowest BCUT2D eigenvalue weighted by atomic mass is 10.0. The summed E-state index contributed by atoms with van der Waals surface area (Å²) in [4.78, 5) is 0.559. The van der Waals surface area contributed by atoms with Crippen molar-refractivity contribution in [2.24, 2.45) is 0 Å². The van der Waals surface area contributed by atoms with Crippen LogP contribution in [0, 0.1) is 0 Å². The maximum Gasteiger partial charge on any atom is 0.433 e. The minimum absolute atomic E-state index is 0.0152. The van der Waals surface area contributed by atoms with Gasteiger partial charge in [0.05, 0.1) is 10.5 Å². The van der Waals surface area contributed by atoms with Crippen LogP contribution in [0.3, 0.4) is 0 Å². The van der Waals surface area contributed by atoms with Gasteiger partial charge in [-0.25, -0.2) is 8.42 Å². The lowest BCUT2D eigenvalue weighted by molar-refractivity contribution is -0.143. The Morgan fingerprint density at radius 3 is 2.27 bits per heavy atom. The lowest BCUT2D eigenvalue weighted by Gasteiger charge is -2.11. The molecular formula is C17H15F3N2O2S2. The van der Waals surface area contributed by atoms with Gasteiger partial charge in [-0.2, -0.15) is 18.3 Å². The molecule has 0 saturated heterocycles. The van der Waals surface area contributed by atoms with E-state index in [9.17, 15) is 21.6 Å². The fourth-order valence-electron chi connectivity index (χ4n) is 2.70. The Balaban J connectivity index is 2.27. The van der Waals surface area contributed by atoms with Crippen LogP contribution in [0.25, 0.3) is 21.7 Å². The van der Waals surface area contributed by atoms with E-state index in [1.165, 1.54) is 35.6 Å². The summed E-state index contributed by atoms with van der Waals surface area (Å²) in [6.45, 7) is 1.66. The van der Waals surface area contributed by atoms with E-state index in [1.807, 2.05) is 0 Å². The molecule has 0 amide bonds. The van der Waals surface area contributed by atoms with Crippen molar-refractivity contribution in [1.82, 2.24) is 9.78 Å². The van der Waals surface area contributed by atoms with Crippen LogP contribution < -0.4 is 0 Å². The molecular weight excluding hydrogens is 385 g/mol. The quantitative estimate of drug-likeness (QED) is 0.637. The number of aryl methyl sites for hydroxylation is 1. The van der Waals surface area contributed by atoms with E-state index in [0.29, 0.717) is 10.4 Å². The Morgan fingerprint density at radius 2 is 1.81 bits per heavy atom. The first-order valence-corrected chi connectivity index (χ1v) is 10.4. The summed E-state index contributed by atoms with van der Waals surface area (Å²) in [6, 6.07) is 9.01. The molecule has 0 bridgehead atoms. The fourth-order valence-corrected chi connectivity index (χ4v) is 4.10. The fraction of sp³-hybridized carbons (Fsp3) is 0.235. The third-order valence-electron chi connectivity index (χ3n) is 3.84. The summed E-state index contributed by atoms with van der Waals surface area (Å²) >= 11 is 1.20. The van der Waals surface area contributed by atoms with Crippen molar-refractivity contribution in [3.8, 4) is 21.7 Å². The molecule has 2 heterocycles. The summed E-state index contributed by atoms with van der Waals surface area (Å²) in [6.07, 6.45) is -3.49. The molecule has 0 N–H and O–H groups in total. The van der Waals surface area contributed by atoms with Crippen molar-refractivity contribution in [3.63, 3.8) is 0 Å². The highest BCUT2D eigenvalue weighted by Crippen LogP contribution is 2.44. The summed E-state index contributed by atoms with van der Waals surface area (Å²) < 4.78 is 65.3. The third-order valence-corrected chi connectivity index (χ3v) is 5.86. The van der Waals surface area contributed by atoms with Crippen molar-refractivity contribution in [2.45, 2.75) is 24.5 Å². The number of nitrogens with zero attached hydrogens (tertiary/aromatic N) is 2. The van der Waals surface area contributed by atoms with Crippen LogP contribution in [-0.2, 0) is 22.6 Å². The van der Waals surface area contributed by atoms with Crippen LogP contribution in [0.2, 0.25) is 0 Å². The van der Waals surface area contributed by atoms with E-state index < -0.39 is 21.7 Å². The van der Waals surface area contributed by atoms with Gasteiger partial charge in [-0.15, -0.1) is 11.3 Å². The number of benzene rings is 1. The van der Waals surface area contributed by atoms with Gasteiger partial charge >= 0.3 is 6.18 Å². The largest absolute Gasteiger partial charge is 0.433 e. The molecule has 0 saturated carbocycles. The molecule has 4 nitrogen and oxygen atoms in total. The predicted octanol–water partition coefficient (Wildman–Crippen LogP) is 4.72. The highest BCUT2D eigenvalue weighted by molar-refractivity contribution is 7.90. The minimum Gasteiger partial charge on any atom is -0.259 e. The van der Waals surface area contributed by atoms with Crippen LogP contribution in [0.4, 0.5) is 13.2 Å². The summed E-state index contributed by atoms with van der Waals surface area (Å²) in [5.41, 5.74) is -0.175. The second-order valence-electron chi connectivity index (χ2n) is 5.66. The topological polar surface area (TPSA) is 52.0 Å². The predicted molar refractivity (Wildman–Crippen MR) is 94.8 cm³/mol. The van der Waals surface area contributed by atoms with Gasteiger partial charge in [0.25, 0.3) is 0 Å². The number of hydrogen-bond donors (Lipinski definition) is 0. The maximum absolute atomic E-state index is 13.7. The van der Waals surface area contributed by atoms with Crippen molar-refractivity contribution in [1.29, 1.82) is 0 Å². The first-order chi connectivity index (χ1) is 12.1. The van der Waals surface area contributed by atoms with E-state index in [2.05, 4.69) is 5.10 Å². The SMILES string of the molecule is CCn1nc(-c2ccc(S(C)(=O)=O)cc2)c(-c2cccs2)c1C(F)(F)F. The average molecular weight is 400 g/mol. The van der Waals surface area contributed by atoms with E-state index in [1.54, 1.807) is 24.4 Å². The van der Waals surface area contributed by atoms with Gasteiger partial charge in [0, 0.05) is 23.2 Å². The Bertz CT molecular complexity index is 1020. The van der Waals surface area contributed by atoms with Gasteiger partial charge < -0.3 is 0 Å². The normalized spacial score (nSPS) is 12.5. The zero-order valence-electron chi connectivity index (χ0n) is 13.9. The minimum atomic E-state index is -4.56. The molecule has 1 aromatic carbocycles. The molecule has 26 heavy (non-hydrogen) atoms. The van der Waals surface area contributed by atoms with E-state index >= 15 is 0 Å². The summed E-state index contributed by atoms with van der Waals surface area (Å²) in [5, 5.41) is 5.87. The first-order valence-electron chi connectivity index (χ1n) is 7.65. The summed E-state index contributed by atoms with van der Waals surface area (Å²) in [7, 11) is -3.39. The van der Waals surface area contributed by atoms with Gasteiger partial charge in [-0.05, 0) is 30.5 Å². The molecule has 0 unspecified atom stereocenters. The molecule has 0 aliphatic rings. The lowest BCUT2D eigenvalue weighted by Crippen LogP contribution is -2.14. The number of alkyl halides is 3. The third kappa shape index (κ3) is 3.41. The zero-order chi connectivity index (χ0) is 19.1. The Hall–Kier alpha value is -2.13. The zero-order valence-corrected chi connectivity index (χ0v) is 15.5. The monoisotopic (exact) mass is 400 g/mol. The standard InChI is InChI=1S/C17H15F3N2O2S2/c1-3-22-16(17(18,19)20)14(13-5-4-10-25-13)15(21-22)11-6-8-12(9-7-11)26(2,23)24/h4-10H,3H2,1-2H3. The Morgan fingerprint density at radius 1 is 1.15 bits per heavy atom. The number of sulfone groups is 1. The van der Waals surface area contributed by atoms with E-state index in [4.69, 9.17) is 0 Å². The van der Waals surface area contributed by atoms with Gasteiger partial charge in [0.1, 0.15) is 5.69 Å². The summed E-state index contributed by atoms with van der Waals surface area (Å²) in [5.74, 6) is 0. The highest BCUT2D eigenvalue weighted by atomic mass is 32.2. The van der Waals surface area contributed by atoms with Crippen LogP contribution >= 0.6 is 11.3 Å². The number of halogens is 3. The van der Waals surface area contributed by atoms with Crippen LogP contribution in [0.1, 0.15) is 12.6 Å². The van der Waals surface area contributed by atoms with E-state index in [-0.39, 0.29) is 22.7 Å². The average Bonchev–Trinajstić information content (AvgIpc) is 3.20. The molecule has 0 aliphatic heterocycles. The molecule has 0 fully saturated rings. The second-order valence-corrected chi connectivity index (χ2v) is 8.62. The number of hydrogen-bond acceptors (Lipinski definition) is 4. The first kappa shape index (κ1) is 18.7. The van der Waals surface area contributed by atoms with Crippen molar-refractivity contribution in [2.75, 3.05) is 6.26 Å². The second kappa shape index (κ2) is 6.55. The molecule has 3 rings (SSSR count). The van der Waals surface area contributed by atoms with E-state index in [0.717, 1.165) is 10.9 Å². The molecule has 138 valence electrons. The molecule has 9 heteroatoms. The van der Waals surface area contributed by atoms with Crippen LogP contribution in [0.15, 0.2) is 46.7 Å². The van der Waals surface area contributed by atoms with Gasteiger partial charge in [-0.3, -0.25) is 4.68 Å². The Kier molecular flexibility index (Phi) is 4.70. The highest BCUT2D eigenvalue weighted by Gasteiger charge is 2.40. The van der Waals surface area contributed by atoms with Crippen molar-refractivity contribution >= 4 is 21.2 Å². The molecule has 0 spiro atoms. The number of thiophene rings is 1. The van der Waals surface area contributed by atoms with Crippen LogP contribution in [0.5, 0.6) is 0 Å². The molecule has 0 aliphatic carbocycles. The van der Waals surface area contributed by atoms with Crippen LogP contribution in [-0.4, -0.2) is 24.5 Å². The molecule has 0 atom stereocenters. The Labute approximate surface area is 152 Å². The number of aromatic nitrogens is 2. The van der Waals surface area contributed by atoms with Crippen molar-refractivity contribution < 1.29 is 21.6 Å². The smallest absolute Gasteiger partial charge is 0.259 e. The number of rotatable bonds is 4.